The zero-order valence-electron chi connectivity index (χ0n) is 27.0. The summed E-state index contributed by atoms with van der Waals surface area (Å²) in [5, 5.41) is 8.26. The molecule has 2 N–H and O–H groups in total. The standard InChI is InChI=1S/C33H36ClF2N9O3/c1-31(2,3)16-33(21-6-8-22(9-7-21)43-19-38-17-40-43)29(47)44(30(37)42-33)25(15-48-26(46)14-32(4)11-12-32)20-5-10-23(34)24(13-20)45-28(27(35)36)39-18-41-45/h5-10,13,17-19,25,27H,11-12,14-16H2,1-4H3,(H2,37,42)/t25-,33-/m1/s1. The minimum Gasteiger partial charge on any atom is -0.463 e. The van der Waals surface area contributed by atoms with Crippen LogP contribution < -0.4 is 5.73 Å². The lowest BCUT2D eigenvalue weighted by molar-refractivity contribution is -0.148. The fraction of sp³-hybridized carbons (Fsp3) is 0.424. The van der Waals surface area contributed by atoms with Crippen molar-refractivity contribution in [1.82, 2.24) is 34.4 Å². The zero-order chi connectivity index (χ0) is 34.4. The smallest absolute Gasteiger partial charge is 0.306 e. The first kappa shape index (κ1) is 33.2. The molecule has 0 radical (unpaired) electrons. The van der Waals surface area contributed by atoms with Crippen LogP contribution in [-0.4, -0.2) is 58.9 Å². The number of hydrogen-bond donors (Lipinski definition) is 1. The average Bonchev–Trinajstić information content (AvgIpc) is 3.42. The maximum atomic E-state index is 14.9. The summed E-state index contributed by atoms with van der Waals surface area (Å²) in [5.74, 6) is -1.53. The van der Waals surface area contributed by atoms with E-state index in [4.69, 9.17) is 27.1 Å². The van der Waals surface area contributed by atoms with Crippen LogP contribution in [-0.2, 0) is 19.9 Å². The Hall–Kier alpha value is -4.72. The lowest BCUT2D eigenvalue weighted by atomic mass is 9.75. The van der Waals surface area contributed by atoms with Crippen molar-refractivity contribution in [3.05, 3.63) is 83.4 Å². The molecule has 4 aromatic rings. The summed E-state index contributed by atoms with van der Waals surface area (Å²) in [5.41, 5.74) is 6.58. The second-order valence-corrected chi connectivity index (χ2v) is 14.3. The van der Waals surface area contributed by atoms with Crippen molar-refractivity contribution in [1.29, 1.82) is 0 Å². The summed E-state index contributed by atoms with van der Waals surface area (Å²) >= 11 is 6.48. The van der Waals surface area contributed by atoms with Crippen molar-refractivity contribution in [3.8, 4) is 11.4 Å². The molecule has 12 nitrogen and oxygen atoms in total. The maximum absolute atomic E-state index is 14.9. The highest BCUT2D eigenvalue weighted by Gasteiger charge is 2.53. The third-order valence-electron chi connectivity index (χ3n) is 8.68. The molecule has 3 heterocycles. The quantitative estimate of drug-likeness (QED) is 0.199. The minimum absolute atomic E-state index is 0.0784. The number of alkyl halides is 2. The van der Waals surface area contributed by atoms with Gasteiger partial charge in [0.1, 0.15) is 25.6 Å². The monoisotopic (exact) mass is 679 g/mol. The van der Waals surface area contributed by atoms with E-state index in [0.29, 0.717) is 17.5 Å². The first-order valence-electron chi connectivity index (χ1n) is 15.5. The molecule has 1 aliphatic heterocycles. The lowest BCUT2D eigenvalue weighted by Gasteiger charge is -2.35. The Labute approximate surface area is 281 Å². The molecule has 2 aliphatic rings. The number of rotatable bonds is 11. The van der Waals surface area contributed by atoms with Crippen LogP contribution in [0.15, 0.2) is 66.4 Å². The van der Waals surface area contributed by atoms with E-state index in [1.54, 1.807) is 17.1 Å². The van der Waals surface area contributed by atoms with Gasteiger partial charge in [-0.05, 0) is 65.5 Å². The van der Waals surface area contributed by atoms with Gasteiger partial charge in [0.15, 0.2) is 17.3 Å². The molecule has 48 heavy (non-hydrogen) atoms. The Morgan fingerprint density at radius 3 is 2.46 bits per heavy atom. The second kappa shape index (κ2) is 12.4. The van der Waals surface area contributed by atoms with Gasteiger partial charge >= 0.3 is 5.97 Å². The molecule has 0 saturated heterocycles. The van der Waals surface area contributed by atoms with Crippen molar-refractivity contribution in [2.45, 2.75) is 71.4 Å². The molecule has 1 amide bonds. The fourth-order valence-corrected chi connectivity index (χ4v) is 6.27. The number of benzene rings is 2. The summed E-state index contributed by atoms with van der Waals surface area (Å²) in [6, 6.07) is 10.9. The molecule has 0 spiro atoms. The first-order chi connectivity index (χ1) is 22.7. The van der Waals surface area contributed by atoms with Gasteiger partial charge < -0.3 is 10.5 Å². The van der Waals surface area contributed by atoms with Crippen LogP contribution in [0.1, 0.15) is 82.8 Å². The number of nitrogens with two attached hydrogens (primary N) is 1. The van der Waals surface area contributed by atoms with Crippen molar-refractivity contribution >= 4 is 29.4 Å². The summed E-state index contributed by atoms with van der Waals surface area (Å²) < 4.78 is 35.9. The van der Waals surface area contributed by atoms with Gasteiger partial charge in [0, 0.05) is 0 Å². The minimum atomic E-state index is -2.93. The van der Waals surface area contributed by atoms with E-state index in [1.807, 2.05) is 52.0 Å². The molecule has 15 heteroatoms. The highest BCUT2D eigenvalue weighted by molar-refractivity contribution is 6.32. The van der Waals surface area contributed by atoms with E-state index in [-0.39, 0.29) is 40.5 Å². The van der Waals surface area contributed by atoms with Gasteiger partial charge in [-0.3, -0.25) is 14.5 Å². The molecule has 1 saturated carbocycles. The van der Waals surface area contributed by atoms with Crippen LogP contribution in [0.5, 0.6) is 0 Å². The van der Waals surface area contributed by atoms with Crippen LogP contribution in [0.4, 0.5) is 8.78 Å². The van der Waals surface area contributed by atoms with E-state index in [2.05, 4.69) is 20.2 Å². The van der Waals surface area contributed by atoms with Crippen LogP contribution in [0.2, 0.25) is 5.02 Å². The molecule has 1 fully saturated rings. The number of guanidine groups is 1. The Kier molecular flexibility index (Phi) is 8.56. The van der Waals surface area contributed by atoms with Crippen molar-refractivity contribution in [2.75, 3.05) is 6.61 Å². The van der Waals surface area contributed by atoms with E-state index in [0.717, 1.165) is 29.5 Å². The Balaban J connectivity index is 1.41. The number of hydrogen-bond acceptors (Lipinski definition) is 9. The number of amides is 1. The number of aliphatic imine (C=N–C) groups is 1. The molecule has 252 valence electrons. The third kappa shape index (κ3) is 6.53. The molecule has 2 aromatic heterocycles. The summed E-state index contributed by atoms with van der Waals surface area (Å²) in [6.07, 6.45) is 3.44. The zero-order valence-corrected chi connectivity index (χ0v) is 27.7. The van der Waals surface area contributed by atoms with E-state index >= 15 is 0 Å². The van der Waals surface area contributed by atoms with Gasteiger partial charge in [0.25, 0.3) is 12.3 Å². The van der Waals surface area contributed by atoms with E-state index in [1.165, 1.54) is 23.4 Å². The molecule has 0 unspecified atom stereocenters. The normalized spacial score (nSPS) is 19.5. The van der Waals surface area contributed by atoms with Gasteiger partial charge in [-0.2, -0.15) is 10.2 Å². The highest BCUT2D eigenvalue weighted by Crippen LogP contribution is 2.49. The van der Waals surface area contributed by atoms with Crippen LogP contribution in [0.25, 0.3) is 11.4 Å². The molecule has 0 bridgehead atoms. The van der Waals surface area contributed by atoms with Crippen LogP contribution in [0, 0.1) is 10.8 Å². The van der Waals surface area contributed by atoms with Crippen LogP contribution >= 0.6 is 11.6 Å². The summed E-state index contributed by atoms with van der Waals surface area (Å²) in [7, 11) is 0. The Morgan fingerprint density at radius 2 is 1.83 bits per heavy atom. The molecule has 2 aromatic carbocycles. The second-order valence-electron chi connectivity index (χ2n) is 13.9. The number of aromatic nitrogens is 6. The summed E-state index contributed by atoms with van der Waals surface area (Å²) in [6.45, 7) is 7.75. The molecule has 6 rings (SSSR count). The van der Waals surface area contributed by atoms with E-state index < -0.39 is 35.7 Å². The number of carbonyl (C=O) groups excluding carboxylic acids is 2. The molecular formula is C33H36ClF2N9O3. The highest BCUT2D eigenvalue weighted by atomic mass is 35.5. The van der Waals surface area contributed by atoms with Gasteiger partial charge in [0.2, 0.25) is 0 Å². The average molecular weight is 680 g/mol. The third-order valence-corrected chi connectivity index (χ3v) is 9.00. The van der Waals surface area contributed by atoms with Crippen molar-refractivity contribution in [2.24, 2.45) is 21.6 Å². The van der Waals surface area contributed by atoms with Gasteiger partial charge in [-0.1, -0.05) is 57.5 Å². The number of esters is 1. The van der Waals surface area contributed by atoms with Crippen molar-refractivity contribution < 1.29 is 23.1 Å². The number of ether oxygens (including phenoxy) is 1. The fourth-order valence-electron chi connectivity index (χ4n) is 6.07. The predicted octanol–water partition coefficient (Wildman–Crippen LogP) is 5.70. The number of halogens is 3. The Morgan fingerprint density at radius 1 is 1.10 bits per heavy atom. The van der Waals surface area contributed by atoms with Gasteiger partial charge in [0.05, 0.1) is 28.9 Å². The lowest BCUT2D eigenvalue weighted by Crippen LogP contribution is -2.47. The first-order valence-corrected chi connectivity index (χ1v) is 15.9. The molecular weight excluding hydrogens is 644 g/mol. The number of carbonyl (C=O) groups is 2. The van der Waals surface area contributed by atoms with Crippen LogP contribution in [0.3, 0.4) is 0 Å². The molecule has 1 aliphatic carbocycles. The predicted molar refractivity (Wildman–Crippen MR) is 173 cm³/mol. The van der Waals surface area contributed by atoms with Crippen molar-refractivity contribution in [3.63, 3.8) is 0 Å². The SMILES string of the molecule is CC(C)(C)C[C@]1(c2ccc(-n3cncn3)cc2)N=C(N)N([C@H](COC(=O)CC2(C)CC2)c2ccc(Cl)c(-n3ncnc3C(F)F)c2)C1=O. The number of nitrogens with zero attached hydrogens (tertiary/aromatic N) is 8. The van der Waals surface area contributed by atoms with E-state index in [9.17, 15) is 18.4 Å². The van der Waals surface area contributed by atoms with Gasteiger partial charge in [-0.15, -0.1) is 0 Å². The topological polar surface area (TPSA) is 146 Å². The summed E-state index contributed by atoms with van der Waals surface area (Å²) in [4.78, 5) is 41.7. The molecule has 2 atom stereocenters. The van der Waals surface area contributed by atoms with Gasteiger partial charge in [-0.25, -0.2) is 33.1 Å². The maximum Gasteiger partial charge on any atom is 0.306 e. The Bertz CT molecular complexity index is 1850. The largest absolute Gasteiger partial charge is 0.463 e.